The van der Waals surface area contributed by atoms with E-state index in [2.05, 4.69) is 62.5 Å². The Morgan fingerprint density at radius 3 is 1.47 bits per heavy atom. The number of hydrogen-bond donors (Lipinski definition) is 4. The van der Waals surface area contributed by atoms with Gasteiger partial charge in [-0.2, -0.15) is 0 Å². The van der Waals surface area contributed by atoms with Gasteiger partial charge in [0.25, 0.3) is 0 Å². The zero-order valence-corrected chi connectivity index (χ0v) is 36.5. The highest BCUT2D eigenvalue weighted by molar-refractivity contribution is 5.70. The highest BCUT2D eigenvalue weighted by Gasteiger charge is 2.44. The van der Waals surface area contributed by atoms with Crippen molar-refractivity contribution in [1.29, 1.82) is 0 Å². The molecule has 1 fully saturated rings. The van der Waals surface area contributed by atoms with Crippen molar-refractivity contribution in [3.63, 3.8) is 0 Å². The van der Waals surface area contributed by atoms with E-state index in [0.29, 0.717) is 12.8 Å². The topological polar surface area (TPSA) is 152 Å². The average molecular weight is 821 g/mol. The lowest BCUT2D eigenvalue weighted by atomic mass is 9.99. The van der Waals surface area contributed by atoms with Crippen molar-refractivity contribution >= 4 is 11.9 Å². The fraction of sp³-hybridized carbons (Fsp3) is 0.792. The SMILES string of the molecule is CCCCC/C=C\C/C=C\CCCCCCCCCC(=O)OC(COC(=O)CCCCCCC/C=C\C/C=C\CCCCCC)COC1OC(CO)C(O)C(O)C1O. The van der Waals surface area contributed by atoms with Crippen molar-refractivity contribution in [2.45, 2.75) is 224 Å². The van der Waals surface area contributed by atoms with E-state index in [4.69, 9.17) is 18.9 Å². The second kappa shape index (κ2) is 38.8. The van der Waals surface area contributed by atoms with Gasteiger partial charge in [0.05, 0.1) is 13.2 Å². The number of unbranched alkanes of at least 4 members (excludes halogenated alkanes) is 19. The molecule has 0 aromatic carbocycles. The van der Waals surface area contributed by atoms with E-state index >= 15 is 0 Å². The Labute approximate surface area is 352 Å². The van der Waals surface area contributed by atoms with E-state index in [1.54, 1.807) is 0 Å². The zero-order valence-electron chi connectivity index (χ0n) is 36.5. The summed E-state index contributed by atoms with van der Waals surface area (Å²) >= 11 is 0. The normalized spacial score (nSPS) is 20.6. The van der Waals surface area contributed by atoms with Gasteiger partial charge in [-0.3, -0.25) is 9.59 Å². The monoisotopic (exact) mass is 821 g/mol. The summed E-state index contributed by atoms with van der Waals surface area (Å²) in [5.74, 6) is -0.832. The molecule has 0 spiro atoms. The molecule has 0 aromatic heterocycles. The Morgan fingerprint density at radius 2 is 0.966 bits per heavy atom. The molecule has 1 aliphatic heterocycles. The van der Waals surface area contributed by atoms with Crippen molar-refractivity contribution in [2.75, 3.05) is 19.8 Å². The lowest BCUT2D eigenvalue weighted by Gasteiger charge is -2.39. The molecular formula is C48H84O10. The minimum atomic E-state index is -1.60. The number of carbonyl (C=O) groups excluding carboxylic acids is 2. The molecule has 10 heteroatoms. The lowest BCUT2D eigenvalue weighted by molar-refractivity contribution is -0.305. The van der Waals surface area contributed by atoms with Crippen LogP contribution in [0.25, 0.3) is 0 Å². The van der Waals surface area contributed by atoms with Gasteiger partial charge in [-0.05, 0) is 77.0 Å². The molecule has 0 amide bonds. The van der Waals surface area contributed by atoms with Crippen molar-refractivity contribution in [2.24, 2.45) is 0 Å². The maximum absolute atomic E-state index is 12.8. The number of hydrogen-bond acceptors (Lipinski definition) is 10. The third-order valence-electron chi connectivity index (χ3n) is 10.4. The summed E-state index contributed by atoms with van der Waals surface area (Å²) in [5, 5.41) is 40.1. The quantitative estimate of drug-likeness (QED) is 0.0269. The van der Waals surface area contributed by atoms with Gasteiger partial charge in [0.1, 0.15) is 31.0 Å². The average Bonchev–Trinajstić information content (AvgIpc) is 3.22. The number of carbonyl (C=O) groups is 2. The first kappa shape index (κ1) is 53.7. The van der Waals surface area contributed by atoms with Gasteiger partial charge in [0, 0.05) is 12.8 Å². The van der Waals surface area contributed by atoms with E-state index in [1.165, 1.54) is 77.0 Å². The third-order valence-corrected chi connectivity index (χ3v) is 10.4. The summed E-state index contributed by atoms with van der Waals surface area (Å²) < 4.78 is 22.2. The predicted molar refractivity (Wildman–Crippen MR) is 233 cm³/mol. The molecule has 10 nitrogen and oxygen atoms in total. The Kier molecular flexibility index (Phi) is 35.9. The smallest absolute Gasteiger partial charge is 0.306 e. The van der Waals surface area contributed by atoms with Crippen LogP contribution in [0, 0.1) is 0 Å². The second-order valence-corrected chi connectivity index (χ2v) is 15.8. The molecule has 336 valence electrons. The van der Waals surface area contributed by atoms with Gasteiger partial charge in [-0.1, -0.05) is 146 Å². The Balaban J connectivity index is 2.34. The Morgan fingerprint density at radius 1 is 0.534 bits per heavy atom. The van der Waals surface area contributed by atoms with Crippen LogP contribution in [-0.2, 0) is 28.5 Å². The highest BCUT2D eigenvalue weighted by Crippen LogP contribution is 2.22. The molecule has 1 aliphatic rings. The first-order chi connectivity index (χ1) is 28.3. The van der Waals surface area contributed by atoms with Crippen molar-refractivity contribution in [3.8, 4) is 0 Å². The van der Waals surface area contributed by atoms with E-state index in [0.717, 1.165) is 70.6 Å². The van der Waals surface area contributed by atoms with Crippen LogP contribution in [0.15, 0.2) is 48.6 Å². The maximum Gasteiger partial charge on any atom is 0.306 e. The first-order valence-electron chi connectivity index (χ1n) is 23.2. The van der Waals surface area contributed by atoms with Crippen LogP contribution in [-0.4, -0.2) is 89.0 Å². The molecular weight excluding hydrogens is 737 g/mol. The molecule has 0 aliphatic carbocycles. The van der Waals surface area contributed by atoms with Crippen molar-refractivity contribution in [3.05, 3.63) is 48.6 Å². The van der Waals surface area contributed by atoms with Gasteiger partial charge >= 0.3 is 11.9 Å². The van der Waals surface area contributed by atoms with Crippen LogP contribution >= 0.6 is 0 Å². The van der Waals surface area contributed by atoms with Gasteiger partial charge in [-0.15, -0.1) is 0 Å². The zero-order chi connectivity index (χ0) is 42.3. The predicted octanol–water partition coefficient (Wildman–Crippen LogP) is 10.1. The Hall–Kier alpha value is -2.34. The molecule has 4 N–H and O–H groups in total. The molecule has 6 atom stereocenters. The number of ether oxygens (including phenoxy) is 4. The van der Waals surface area contributed by atoms with Gasteiger partial charge in [0.15, 0.2) is 12.4 Å². The van der Waals surface area contributed by atoms with Crippen LogP contribution in [0.4, 0.5) is 0 Å². The summed E-state index contributed by atoms with van der Waals surface area (Å²) in [5.41, 5.74) is 0. The number of allylic oxidation sites excluding steroid dienone is 8. The molecule has 0 aromatic rings. The van der Waals surface area contributed by atoms with E-state index < -0.39 is 55.4 Å². The van der Waals surface area contributed by atoms with Crippen LogP contribution in [0.5, 0.6) is 0 Å². The Bertz CT molecular complexity index is 1090. The highest BCUT2D eigenvalue weighted by atomic mass is 16.7. The fourth-order valence-electron chi connectivity index (χ4n) is 6.72. The van der Waals surface area contributed by atoms with Crippen molar-refractivity contribution < 1.29 is 49.0 Å². The molecule has 0 bridgehead atoms. The largest absolute Gasteiger partial charge is 0.462 e. The summed E-state index contributed by atoms with van der Waals surface area (Å²) in [7, 11) is 0. The molecule has 1 rings (SSSR count). The van der Waals surface area contributed by atoms with Crippen LogP contribution in [0.1, 0.15) is 187 Å². The van der Waals surface area contributed by atoms with Crippen molar-refractivity contribution in [1.82, 2.24) is 0 Å². The lowest BCUT2D eigenvalue weighted by Crippen LogP contribution is -2.59. The molecule has 58 heavy (non-hydrogen) atoms. The second-order valence-electron chi connectivity index (χ2n) is 15.8. The molecule has 0 radical (unpaired) electrons. The van der Waals surface area contributed by atoms with E-state index in [9.17, 15) is 30.0 Å². The van der Waals surface area contributed by atoms with E-state index in [-0.39, 0.29) is 26.1 Å². The van der Waals surface area contributed by atoms with Crippen LogP contribution in [0.3, 0.4) is 0 Å². The molecule has 1 saturated heterocycles. The molecule has 1 heterocycles. The third kappa shape index (κ3) is 29.8. The maximum atomic E-state index is 12.8. The molecule has 6 unspecified atom stereocenters. The number of esters is 2. The summed E-state index contributed by atoms with van der Waals surface area (Å²) in [6.07, 6.45) is 38.2. The standard InChI is InChI=1S/C48H84O10/c1-3-5-7-9-11-13-15-17-19-21-23-25-27-29-31-33-35-37-44(51)57-41(40-56-48-47(54)46(53)45(52)42(38-49)58-48)39-55-43(50)36-34-32-30-28-26-24-22-20-18-16-14-12-10-8-6-4-2/h11,13-14,16-17,19-20,22,41-42,45-49,52-54H,3-10,12,15,18,21,23-40H2,1-2H3/b13-11-,16-14-,19-17-,22-20-. The van der Waals surface area contributed by atoms with E-state index in [1.807, 2.05) is 0 Å². The summed E-state index contributed by atoms with van der Waals surface area (Å²) in [6.45, 7) is 3.36. The first-order valence-corrected chi connectivity index (χ1v) is 23.2. The number of rotatable bonds is 38. The minimum Gasteiger partial charge on any atom is -0.462 e. The number of aliphatic hydroxyl groups is 4. The summed E-state index contributed by atoms with van der Waals surface area (Å²) in [6, 6.07) is 0. The minimum absolute atomic E-state index is 0.217. The summed E-state index contributed by atoms with van der Waals surface area (Å²) in [4.78, 5) is 25.4. The fourth-order valence-corrected chi connectivity index (χ4v) is 6.72. The number of aliphatic hydroxyl groups excluding tert-OH is 4. The molecule has 0 saturated carbocycles. The van der Waals surface area contributed by atoms with Gasteiger partial charge in [0.2, 0.25) is 0 Å². The van der Waals surface area contributed by atoms with Gasteiger partial charge in [-0.25, -0.2) is 0 Å². The van der Waals surface area contributed by atoms with Crippen LogP contribution < -0.4 is 0 Å². The van der Waals surface area contributed by atoms with Crippen LogP contribution in [0.2, 0.25) is 0 Å². The van der Waals surface area contributed by atoms with Gasteiger partial charge < -0.3 is 39.4 Å².